The number of hydrogen-bond acceptors (Lipinski definition) is 7. The number of aromatic hydroxyl groups is 1. The van der Waals surface area contributed by atoms with Gasteiger partial charge in [-0.05, 0) is 54.1 Å². The Labute approximate surface area is 178 Å². The number of benzene rings is 2. The van der Waals surface area contributed by atoms with Crippen LogP contribution in [-0.2, 0) is 11.3 Å². The van der Waals surface area contributed by atoms with Crippen LogP contribution in [0.5, 0.6) is 11.5 Å². The number of halogens is 1. The van der Waals surface area contributed by atoms with Crippen LogP contribution in [0.4, 0.5) is 10.5 Å². The summed E-state index contributed by atoms with van der Waals surface area (Å²) in [6, 6.07) is 9.74. The Morgan fingerprint density at radius 2 is 1.97 bits per heavy atom. The Bertz CT molecular complexity index is 1020. The fourth-order valence-electron chi connectivity index (χ4n) is 2.66. The number of nitro benzene ring substituents is 1. The van der Waals surface area contributed by atoms with E-state index in [1.54, 1.807) is 19.1 Å². The lowest BCUT2D eigenvalue weighted by Crippen LogP contribution is -2.27. The molecule has 0 atom stereocenters. The zero-order chi connectivity index (χ0) is 21.1. The molecule has 8 nitrogen and oxygen atoms in total. The third kappa shape index (κ3) is 4.60. The van der Waals surface area contributed by atoms with E-state index < -0.39 is 27.5 Å². The van der Waals surface area contributed by atoms with Crippen molar-refractivity contribution in [2.75, 3.05) is 6.61 Å². The van der Waals surface area contributed by atoms with Crippen molar-refractivity contribution in [1.29, 1.82) is 0 Å². The van der Waals surface area contributed by atoms with E-state index in [1.165, 1.54) is 12.1 Å². The summed E-state index contributed by atoms with van der Waals surface area (Å²) in [4.78, 5) is 36.7. The van der Waals surface area contributed by atoms with Gasteiger partial charge in [0.1, 0.15) is 0 Å². The van der Waals surface area contributed by atoms with E-state index >= 15 is 0 Å². The van der Waals surface area contributed by atoms with Crippen LogP contribution in [-0.4, -0.2) is 32.7 Å². The number of amides is 2. The molecule has 1 N–H and O–H groups in total. The van der Waals surface area contributed by atoms with Gasteiger partial charge >= 0.3 is 5.69 Å². The van der Waals surface area contributed by atoms with E-state index in [4.69, 9.17) is 4.74 Å². The standard InChI is InChI=1S/C19H15BrN2O6S/c1-2-28-15-8-12(7-14(17(15)23)22(26)27)9-16-18(24)21(19(25)29-16)10-11-3-5-13(20)6-4-11/h3-9,23H,2,10H2,1H3/b16-9-. The highest BCUT2D eigenvalue weighted by Gasteiger charge is 2.35. The second-order valence-electron chi connectivity index (χ2n) is 5.97. The van der Waals surface area contributed by atoms with Gasteiger partial charge in [-0.2, -0.15) is 0 Å². The minimum absolute atomic E-state index is 0.0676. The van der Waals surface area contributed by atoms with Crippen LogP contribution in [0.15, 0.2) is 45.8 Å². The second kappa shape index (κ2) is 8.66. The molecule has 0 spiro atoms. The maximum Gasteiger partial charge on any atom is 0.315 e. The molecule has 1 aliphatic heterocycles. The summed E-state index contributed by atoms with van der Waals surface area (Å²) >= 11 is 4.08. The quantitative estimate of drug-likeness (QED) is 0.363. The van der Waals surface area contributed by atoms with Gasteiger partial charge in [0.25, 0.3) is 11.1 Å². The van der Waals surface area contributed by atoms with Crippen LogP contribution in [0.1, 0.15) is 18.1 Å². The average molecular weight is 479 g/mol. The molecule has 0 saturated carbocycles. The van der Waals surface area contributed by atoms with Crippen molar-refractivity contribution < 1.29 is 24.4 Å². The van der Waals surface area contributed by atoms with E-state index in [0.29, 0.717) is 0 Å². The zero-order valence-electron chi connectivity index (χ0n) is 15.1. The largest absolute Gasteiger partial charge is 0.500 e. The maximum atomic E-state index is 12.7. The minimum atomic E-state index is -0.742. The fraction of sp³-hybridized carbons (Fsp3) is 0.158. The summed E-state index contributed by atoms with van der Waals surface area (Å²) in [5.74, 6) is -1.14. The van der Waals surface area contributed by atoms with Crippen LogP contribution in [0.2, 0.25) is 0 Å². The van der Waals surface area contributed by atoms with Crippen molar-refractivity contribution in [1.82, 2.24) is 4.90 Å². The lowest BCUT2D eigenvalue weighted by Gasteiger charge is -2.12. The summed E-state index contributed by atoms with van der Waals surface area (Å²) in [7, 11) is 0. The molecule has 150 valence electrons. The third-order valence-electron chi connectivity index (χ3n) is 4.00. The molecule has 0 aromatic heterocycles. The predicted molar refractivity (Wildman–Crippen MR) is 112 cm³/mol. The smallest absolute Gasteiger partial charge is 0.315 e. The fourth-order valence-corrected chi connectivity index (χ4v) is 3.76. The first-order valence-corrected chi connectivity index (χ1v) is 10.0. The molecule has 1 saturated heterocycles. The number of nitro groups is 1. The highest BCUT2D eigenvalue weighted by molar-refractivity contribution is 9.10. The zero-order valence-corrected chi connectivity index (χ0v) is 17.5. The maximum absolute atomic E-state index is 12.7. The molecule has 0 unspecified atom stereocenters. The van der Waals surface area contributed by atoms with Crippen LogP contribution in [0, 0.1) is 10.1 Å². The number of phenols is 1. The van der Waals surface area contributed by atoms with Gasteiger partial charge in [0, 0.05) is 10.5 Å². The Morgan fingerprint density at radius 3 is 2.59 bits per heavy atom. The van der Waals surface area contributed by atoms with E-state index in [1.807, 2.05) is 12.1 Å². The van der Waals surface area contributed by atoms with Crippen molar-refractivity contribution in [3.63, 3.8) is 0 Å². The molecule has 2 aromatic rings. The molecule has 1 fully saturated rings. The SMILES string of the molecule is CCOc1cc(/C=C2\SC(=O)N(Cc3ccc(Br)cc3)C2=O)cc([N+](=O)[O-])c1O. The normalized spacial score (nSPS) is 15.2. The topological polar surface area (TPSA) is 110 Å². The molecule has 0 bridgehead atoms. The predicted octanol–water partition coefficient (Wildman–Crippen LogP) is 4.70. The molecule has 2 aromatic carbocycles. The van der Waals surface area contributed by atoms with Gasteiger partial charge < -0.3 is 9.84 Å². The number of hydrogen-bond donors (Lipinski definition) is 1. The van der Waals surface area contributed by atoms with Crippen molar-refractivity contribution in [3.05, 3.63) is 67.0 Å². The first-order chi connectivity index (χ1) is 13.8. The summed E-state index contributed by atoms with van der Waals surface area (Å²) in [5.41, 5.74) is 0.513. The molecule has 0 radical (unpaired) electrons. The second-order valence-corrected chi connectivity index (χ2v) is 7.88. The Balaban J connectivity index is 1.90. The van der Waals surface area contributed by atoms with Crippen molar-refractivity contribution in [2.24, 2.45) is 0 Å². The summed E-state index contributed by atoms with van der Waals surface area (Å²) in [6.07, 6.45) is 1.38. The van der Waals surface area contributed by atoms with Gasteiger partial charge in [0.2, 0.25) is 5.75 Å². The monoisotopic (exact) mass is 478 g/mol. The summed E-state index contributed by atoms with van der Waals surface area (Å²) in [5, 5.41) is 20.7. The molecule has 0 aliphatic carbocycles. The number of nitrogens with zero attached hydrogens (tertiary/aromatic N) is 2. The molecular weight excluding hydrogens is 464 g/mol. The molecule has 2 amide bonds. The van der Waals surface area contributed by atoms with Crippen LogP contribution in [0.25, 0.3) is 6.08 Å². The van der Waals surface area contributed by atoms with Gasteiger partial charge in [-0.15, -0.1) is 0 Å². The Hall–Kier alpha value is -2.85. The lowest BCUT2D eigenvalue weighted by atomic mass is 10.1. The highest BCUT2D eigenvalue weighted by Crippen LogP contribution is 2.39. The average Bonchev–Trinajstić information content (AvgIpc) is 2.93. The summed E-state index contributed by atoms with van der Waals surface area (Å²) < 4.78 is 6.12. The van der Waals surface area contributed by atoms with Gasteiger partial charge in [0.15, 0.2) is 5.75 Å². The molecular formula is C19H15BrN2O6S. The van der Waals surface area contributed by atoms with Gasteiger partial charge in [-0.3, -0.25) is 24.6 Å². The van der Waals surface area contributed by atoms with E-state index in [-0.39, 0.29) is 29.4 Å². The van der Waals surface area contributed by atoms with Gasteiger partial charge in [-0.25, -0.2) is 0 Å². The molecule has 1 heterocycles. The first-order valence-electron chi connectivity index (χ1n) is 8.44. The molecule has 10 heteroatoms. The van der Waals surface area contributed by atoms with Gasteiger partial charge in [-0.1, -0.05) is 28.1 Å². The number of phenolic OH excluding ortho intramolecular Hbond substituents is 1. The van der Waals surface area contributed by atoms with Crippen molar-refractivity contribution in [3.8, 4) is 11.5 Å². The number of imide groups is 1. The van der Waals surface area contributed by atoms with E-state index in [2.05, 4.69) is 15.9 Å². The van der Waals surface area contributed by atoms with Crippen molar-refractivity contribution >= 4 is 50.6 Å². The van der Waals surface area contributed by atoms with Crippen molar-refractivity contribution in [2.45, 2.75) is 13.5 Å². The molecule has 29 heavy (non-hydrogen) atoms. The van der Waals surface area contributed by atoms with Crippen LogP contribution < -0.4 is 4.74 Å². The van der Waals surface area contributed by atoms with Crippen LogP contribution in [0.3, 0.4) is 0 Å². The Morgan fingerprint density at radius 1 is 1.28 bits per heavy atom. The number of rotatable bonds is 6. The first kappa shape index (κ1) is 20.9. The number of carbonyl (C=O) groups excluding carboxylic acids is 2. The highest BCUT2D eigenvalue weighted by atomic mass is 79.9. The number of carbonyl (C=O) groups is 2. The third-order valence-corrected chi connectivity index (χ3v) is 5.44. The van der Waals surface area contributed by atoms with Crippen LogP contribution >= 0.6 is 27.7 Å². The lowest BCUT2D eigenvalue weighted by molar-refractivity contribution is -0.386. The van der Waals surface area contributed by atoms with E-state index in [0.717, 1.165) is 32.8 Å². The number of ether oxygens (including phenoxy) is 1. The molecule has 3 rings (SSSR count). The minimum Gasteiger partial charge on any atom is -0.500 e. The summed E-state index contributed by atoms with van der Waals surface area (Å²) in [6.45, 7) is 1.98. The van der Waals surface area contributed by atoms with Gasteiger partial charge in [0.05, 0.1) is 23.0 Å². The Kier molecular flexibility index (Phi) is 6.23. The number of thioether (sulfide) groups is 1. The van der Waals surface area contributed by atoms with E-state index in [9.17, 15) is 24.8 Å². The molecule has 1 aliphatic rings.